The molecule has 0 saturated heterocycles. The highest BCUT2D eigenvalue weighted by molar-refractivity contribution is 9.10. The molecule has 2 rings (SSSR count). The lowest BCUT2D eigenvalue weighted by Crippen LogP contribution is -2.13. The molecule has 2 aromatic heterocycles. The van der Waals surface area contributed by atoms with Gasteiger partial charge < -0.3 is 5.32 Å². The fraction of sp³-hybridized carbons (Fsp3) is 0.0833. The minimum absolute atomic E-state index is 0.138. The number of halogens is 3. The summed E-state index contributed by atoms with van der Waals surface area (Å²) in [5.74, 6) is -0.359. The normalized spacial score (nSPS) is 10.3. The van der Waals surface area contributed by atoms with Gasteiger partial charge in [-0.3, -0.25) is 4.79 Å². The van der Waals surface area contributed by atoms with Crippen molar-refractivity contribution in [3.05, 3.63) is 50.4 Å². The predicted octanol–water partition coefficient (Wildman–Crippen LogP) is 4.11. The van der Waals surface area contributed by atoms with Crippen molar-refractivity contribution in [2.45, 2.75) is 6.92 Å². The second-order valence-electron chi connectivity index (χ2n) is 3.78. The van der Waals surface area contributed by atoms with Crippen molar-refractivity contribution < 1.29 is 4.79 Å². The largest absolute Gasteiger partial charge is 0.320 e. The molecular weight excluding hydrogens is 353 g/mol. The first-order valence-corrected chi connectivity index (χ1v) is 6.77. The van der Waals surface area contributed by atoms with Gasteiger partial charge in [0.05, 0.1) is 17.4 Å². The Hall–Kier alpha value is -1.17. The lowest BCUT2D eigenvalue weighted by atomic mass is 10.2. The SMILES string of the molecule is Cc1cc(NC(=O)c2cc(Br)cnc2Cl)cnc1Cl. The highest BCUT2D eigenvalue weighted by atomic mass is 79.9. The van der Waals surface area contributed by atoms with Crippen LogP contribution in [0.25, 0.3) is 0 Å². The van der Waals surface area contributed by atoms with Crippen molar-refractivity contribution >= 4 is 50.7 Å². The summed E-state index contributed by atoms with van der Waals surface area (Å²) in [7, 11) is 0. The third kappa shape index (κ3) is 3.43. The van der Waals surface area contributed by atoms with E-state index in [1.54, 1.807) is 19.1 Å². The molecule has 0 atom stereocenters. The summed E-state index contributed by atoms with van der Waals surface area (Å²) in [6.45, 7) is 1.80. The molecule has 98 valence electrons. The van der Waals surface area contributed by atoms with Gasteiger partial charge in [-0.2, -0.15) is 0 Å². The molecule has 0 radical (unpaired) electrons. The maximum Gasteiger partial charge on any atom is 0.258 e. The molecule has 19 heavy (non-hydrogen) atoms. The molecule has 0 aliphatic rings. The van der Waals surface area contributed by atoms with Gasteiger partial charge in [0.1, 0.15) is 10.3 Å². The minimum Gasteiger partial charge on any atom is -0.320 e. The first-order chi connectivity index (χ1) is 8.97. The van der Waals surface area contributed by atoms with Gasteiger partial charge in [-0.15, -0.1) is 0 Å². The number of hydrogen-bond acceptors (Lipinski definition) is 3. The summed E-state index contributed by atoms with van der Waals surface area (Å²) in [5, 5.41) is 3.23. The number of aromatic nitrogens is 2. The van der Waals surface area contributed by atoms with Crippen molar-refractivity contribution in [2.24, 2.45) is 0 Å². The molecule has 2 heterocycles. The van der Waals surface area contributed by atoms with E-state index in [9.17, 15) is 4.79 Å². The van der Waals surface area contributed by atoms with E-state index in [2.05, 4.69) is 31.2 Å². The van der Waals surface area contributed by atoms with Crippen LogP contribution in [0.2, 0.25) is 10.3 Å². The Morgan fingerprint density at radius 1 is 1.21 bits per heavy atom. The van der Waals surface area contributed by atoms with Crippen LogP contribution in [0.1, 0.15) is 15.9 Å². The van der Waals surface area contributed by atoms with Crippen LogP contribution in [0.4, 0.5) is 5.69 Å². The van der Waals surface area contributed by atoms with Crippen molar-refractivity contribution in [1.29, 1.82) is 0 Å². The van der Waals surface area contributed by atoms with Crippen LogP contribution in [0.5, 0.6) is 0 Å². The topological polar surface area (TPSA) is 54.9 Å². The Kier molecular flexibility index (Phi) is 4.39. The monoisotopic (exact) mass is 359 g/mol. The van der Waals surface area contributed by atoms with Gasteiger partial charge in [-0.1, -0.05) is 23.2 Å². The zero-order chi connectivity index (χ0) is 14.0. The second-order valence-corrected chi connectivity index (χ2v) is 5.41. The molecule has 0 aliphatic carbocycles. The van der Waals surface area contributed by atoms with E-state index in [1.165, 1.54) is 12.4 Å². The highest BCUT2D eigenvalue weighted by Crippen LogP contribution is 2.21. The van der Waals surface area contributed by atoms with Crippen LogP contribution >= 0.6 is 39.1 Å². The molecule has 0 aliphatic heterocycles. The quantitative estimate of drug-likeness (QED) is 0.820. The van der Waals surface area contributed by atoms with E-state index in [0.29, 0.717) is 15.3 Å². The fourth-order valence-corrected chi connectivity index (χ4v) is 2.03. The Bertz CT molecular complexity index is 649. The molecule has 4 nitrogen and oxygen atoms in total. The molecule has 0 fully saturated rings. The molecule has 0 bridgehead atoms. The van der Waals surface area contributed by atoms with Crippen molar-refractivity contribution in [1.82, 2.24) is 9.97 Å². The fourth-order valence-electron chi connectivity index (χ4n) is 1.41. The number of hydrogen-bond donors (Lipinski definition) is 1. The molecule has 0 unspecified atom stereocenters. The number of carbonyl (C=O) groups is 1. The standard InChI is InChI=1S/C12H8BrCl2N3O/c1-6-2-8(5-17-10(6)14)18-12(19)9-3-7(13)4-16-11(9)15/h2-5H,1H3,(H,18,19). The third-order valence-corrected chi connectivity index (χ3v) is 3.45. The van der Waals surface area contributed by atoms with Crippen LogP contribution in [0.15, 0.2) is 29.0 Å². The maximum atomic E-state index is 12.1. The smallest absolute Gasteiger partial charge is 0.258 e. The molecule has 1 N–H and O–H groups in total. The van der Waals surface area contributed by atoms with E-state index in [1.807, 2.05) is 0 Å². The lowest BCUT2D eigenvalue weighted by Gasteiger charge is -2.07. The molecule has 7 heteroatoms. The number of rotatable bonds is 2. The van der Waals surface area contributed by atoms with Crippen LogP contribution in [0.3, 0.4) is 0 Å². The molecule has 0 saturated carbocycles. The number of carbonyl (C=O) groups excluding carboxylic acids is 1. The van der Waals surface area contributed by atoms with Crippen LogP contribution < -0.4 is 5.32 Å². The Morgan fingerprint density at radius 3 is 2.58 bits per heavy atom. The van der Waals surface area contributed by atoms with Crippen LogP contribution in [-0.4, -0.2) is 15.9 Å². The van der Waals surface area contributed by atoms with Gasteiger partial charge in [0.2, 0.25) is 0 Å². The van der Waals surface area contributed by atoms with Gasteiger partial charge >= 0.3 is 0 Å². The van der Waals surface area contributed by atoms with Crippen molar-refractivity contribution in [3.63, 3.8) is 0 Å². The Balaban J connectivity index is 2.25. The first kappa shape index (κ1) is 14.2. The number of aryl methyl sites for hydroxylation is 1. The van der Waals surface area contributed by atoms with Gasteiger partial charge in [0.15, 0.2) is 0 Å². The average Bonchev–Trinajstić information content (AvgIpc) is 2.36. The van der Waals surface area contributed by atoms with Crippen LogP contribution in [0, 0.1) is 6.92 Å². The van der Waals surface area contributed by atoms with E-state index in [-0.39, 0.29) is 16.6 Å². The van der Waals surface area contributed by atoms with Crippen molar-refractivity contribution in [2.75, 3.05) is 5.32 Å². The number of anilines is 1. The van der Waals surface area contributed by atoms with Crippen molar-refractivity contribution in [3.8, 4) is 0 Å². The maximum absolute atomic E-state index is 12.1. The minimum atomic E-state index is -0.359. The molecule has 2 aromatic rings. The summed E-state index contributed by atoms with van der Waals surface area (Å²) in [6.07, 6.45) is 3.00. The number of nitrogens with zero attached hydrogens (tertiary/aromatic N) is 2. The first-order valence-electron chi connectivity index (χ1n) is 5.22. The number of amides is 1. The molecular formula is C12H8BrCl2N3O. The Morgan fingerprint density at radius 2 is 1.89 bits per heavy atom. The third-order valence-electron chi connectivity index (χ3n) is 2.32. The zero-order valence-electron chi connectivity index (χ0n) is 9.75. The predicted molar refractivity (Wildman–Crippen MR) is 78.9 cm³/mol. The average molecular weight is 361 g/mol. The number of nitrogens with one attached hydrogen (secondary N) is 1. The summed E-state index contributed by atoms with van der Waals surface area (Å²) in [4.78, 5) is 19.9. The lowest BCUT2D eigenvalue weighted by molar-refractivity contribution is 0.102. The summed E-state index contributed by atoms with van der Waals surface area (Å²) >= 11 is 14.9. The van der Waals surface area contributed by atoms with E-state index < -0.39 is 0 Å². The molecule has 0 spiro atoms. The van der Waals surface area contributed by atoms with Crippen LogP contribution in [-0.2, 0) is 0 Å². The molecule has 0 aromatic carbocycles. The van der Waals surface area contributed by atoms with E-state index in [0.717, 1.165) is 5.56 Å². The zero-order valence-corrected chi connectivity index (χ0v) is 12.8. The van der Waals surface area contributed by atoms with Gasteiger partial charge in [0, 0.05) is 10.7 Å². The second kappa shape index (κ2) is 5.86. The van der Waals surface area contributed by atoms with Gasteiger partial charge in [-0.25, -0.2) is 9.97 Å². The van der Waals surface area contributed by atoms with Gasteiger partial charge in [-0.05, 0) is 40.5 Å². The van der Waals surface area contributed by atoms with E-state index >= 15 is 0 Å². The summed E-state index contributed by atoms with van der Waals surface area (Å²) in [5.41, 5.74) is 1.60. The molecule has 1 amide bonds. The summed E-state index contributed by atoms with van der Waals surface area (Å²) in [6, 6.07) is 3.33. The van der Waals surface area contributed by atoms with Gasteiger partial charge in [0.25, 0.3) is 5.91 Å². The number of pyridine rings is 2. The van der Waals surface area contributed by atoms with E-state index in [4.69, 9.17) is 23.2 Å². The summed E-state index contributed by atoms with van der Waals surface area (Å²) < 4.78 is 0.674. The highest BCUT2D eigenvalue weighted by Gasteiger charge is 2.13. The Labute approximate surface area is 128 Å².